The largest absolute Gasteiger partial charge is 0.494 e. The van der Waals surface area contributed by atoms with Crippen LogP contribution in [-0.2, 0) is 6.54 Å². The summed E-state index contributed by atoms with van der Waals surface area (Å²) in [7, 11) is 0. The van der Waals surface area contributed by atoms with E-state index in [0.29, 0.717) is 13.2 Å². The van der Waals surface area contributed by atoms with Crippen LogP contribution < -0.4 is 15.6 Å². The van der Waals surface area contributed by atoms with Crippen LogP contribution >= 0.6 is 0 Å². The van der Waals surface area contributed by atoms with Crippen LogP contribution in [0.1, 0.15) is 23.0 Å². The molecule has 0 atom stereocenters. The molecule has 6 nitrogen and oxygen atoms in total. The molecule has 0 bridgehead atoms. The second-order valence-electron chi connectivity index (χ2n) is 4.07. The highest BCUT2D eigenvalue weighted by Gasteiger charge is 2.07. The molecule has 104 valence electrons. The first-order valence-corrected chi connectivity index (χ1v) is 6.24. The van der Waals surface area contributed by atoms with Crippen LogP contribution in [0.2, 0.25) is 0 Å². The lowest BCUT2D eigenvalue weighted by Gasteiger charge is -2.07. The number of nitrogens with one attached hydrogen (secondary N) is 2. The maximum Gasteiger partial charge on any atom is 0.271 e. The van der Waals surface area contributed by atoms with Crippen LogP contribution in [0.15, 0.2) is 41.2 Å². The van der Waals surface area contributed by atoms with Gasteiger partial charge in [-0.15, -0.1) is 0 Å². The van der Waals surface area contributed by atoms with Gasteiger partial charge in [0.1, 0.15) is 11.4 Å². The van der Waals surface area contributed by atoms with Gasteiger partial charge in [-0.2, -0.15) is 5.10 Å². The van der Waals surface area contributed by atoms with Crippen molar-refractivity contribution >= 4 is 5.91 Å². The summed E-state index contributed by atoms with van der Waals surface area (Å²) in [6, 6.07) is 10.1. The van der Waals surface area contributed by atoms with Crippen molar-refractivity contribution in [1.29, 1.82) is 0 Å². The van der Waals surface area contributed by atoms with Gasteiger partial charge >= 0.3 is 0 Å². The minimum absolute atomic E-state index is 0.172. The van der Waals surface area contributed by atoms with E-state index in [1.54, 1.807) is 0 Å². The Kier molecular flexibility index (Phi) is 4.49. The zero-order valence-corrected chi connectivity index (χ0v) is 11.1. The molecule has 1 aromatic heterocycles. The Morgan fingerprint density at radius 3 is 2.90 bits per heavy atom. The average molecular weight is 273 g/mol. The number of aromatic nitrogens is 2. The summed E-state index contributed by atoms with van der Waals surface area (Å²) in [6.45, 7) is 2.87. The summed E-state index contributed by atoms with van der Waals surface area (Å²) in [5.74, 6) is 0.421. The fraction of sp³-hybridized carbons (Fsp3) is 0.214. The molecule has 1 amide bonds. The number of ether oxygens (including phenoxy) is 1. The van der Waals surface area contributed by atoms with Crippen LogP contribution in [-0.4, -0.2) is 22.7 Å². The van der Waals surface area contributed by atoms with E-state index in [0.717, 1.165) is 11.3 Å². The van der Waals surface area contributed by atoms with Gasteiger partial charge in [-0.05, 0) is 30.7 Å². The number of hydrogen-bond acceptors (Lipinski definition) is 4. The fourth-order valence-electron chi connectivity index (χ4n) is 1.66. The Balaban J connectivity index is 1.97. The summed E-state index contributed by atoms with van der Waals surface area (Å²) in [6.07, 6.45) is 0. The monoisotopic (exact) mass is 273 g/mol. The van der Waals surface area contributed by atoms with Gasteiger partial charge in [-0.25, -0.2) is 5.10 Å². The normalized spacial score (nSPS) is 10.1. The second-order valence-corrected chi connectivity index (χ2v) is 4.07. The first kappa shape index (κ1) is 13.8. The Bertz CT molecular complexity index is 632. The Labute approximate surface area is 115 Å². The van der Waals surface area contributed by atoms with Crippen LogP contribution in [0.5, 0.6) is 5.75 Å². The molecule has 0 fully saturated rings. The standard InChI is InChI=1S/C14H15N3O3/c1-2-20-11-5-3-4-10(8-11)9-15-14(19)12-6-7-13(18)17-16-12/h3-8H,2,9H2,1H3,(H,15,19)(H,17,18). The minimum atomic E-state index is -0.344. The highest BCUT2D eigenvalue weighted by atomic mass is 16.5. The molecular weight excluding hydrogens is 258 g/mol. The van der Waals surface area contributed by atoms with E-state index in [1.807, 2.05) is 31.2 Å². The molecule has 6 heteroatoms. The number of carbonyl (C=O) groups is 1. The van der Waals surface area contributed by atoms with E-state index in [-0.39, 0.29) is 17.2 Å². The van der Waals surface area contributed by atoms with Gasteiger partial charge in [0.05, 0.1) is 6.61 Å². The highest BCUT2D eigenvalue weighted by molar-refractivity contribution is 5.91. The topological polar surface area (TPSA) is 84.1 Å². The van der Waals surface area contributed by atoms with E-state index in [9.17, 15) is 9.59 Å². The molecule has 0 aliphatic rings. The number of rotatable bonds is 5. The molecule has 2 N–H and O–H groups in total. The average Bonchev–Trinajstić information content (AvgIpc) is 2.46. The third-order valence-electron chi connectivity index (χ3n) is 2.57. The Hall–Kier alpha value is -2.63. The first-order valence-electron chi connectivity index (χ1n) is 6.24. The van der Waals surface area contributed by atoms with Gasteiger partial charge in [0.15, 0.2) is 0 Å². The summed E-state index contributed by atoms with van der Waals surface area (Å²) in [5, 5.41) is 8.61. The molecule has 0 aliphatic carbocycles. The van der Waals surface area contributed by atoms with Gasteiger partial charge in [0.2, 0.25) is 0 Å². The van der Waals surface area contributed by atoms with Crippen molar-refractivity contribution in [2.75, 3.05) is 6.61 Å². The number of nitrogens with zero attached hydrogens (tertiary/aromatic N) is 1. The van der Waals surface area contributed by atoms with Crippen molar-refractivity contribution in [2.24, 2.45) is 0 Å². The maximum atomic E-state index is 11.8. The van der Waals surface area contributed by atoms with Gasteiger partial charge in [0, 0.05) is 12.6 Å². The smallest absolute Gasteiger partial charge is 0.271 e. The molecule has 0 saturated carbocycles. The predicted octanol–water partition coefficient (Wildman–Crippen LogP) is 1.10. The van der Waals surface area contributed by atoms with Gasteiger partial charge < -0.3 is 10.1 Å². The molecule has 2 aromatic rings. The summed E-state index contributed by atoms with van der Waals surface area (Å²) >= 11 is 0. The Morgan fingerprint density at radius 2 is 2.20 bits per heavy atom. The first-order chi connectivity index (χ1) is 9.69. The van der Waals surface area contributed by atoms with Gasteiger partial charge in [-0.3, -0.25) is 9.59 Å². The van der Waals surface area contributed by atoms with Crippen molar-refractivity contribution in [3.05, 3.63) is 58.0 Å². The summed E-state index contributed by atoms with van der Waals surface area (Å²) < 4.78 is 5.39. The van der Waals surface area contributed by atoms with Gasteiger partial charge in [0.25, 0.3) is 11.5 Å². The summed E-state index contributed by atoms with van der Waals surface area (Å²) in [4.78, 5) is 22.7. The van der Waals surface area contributed by atoms with Crippen molar-refractivity contribution in [1.82, 2.24) is 15.5 Å². The van der Waals surface area contributed by atoms with Crippen LogP contribution in [0.4, 0.5) is 0 Å². The molecule has 0 saturated heterocycles. The van der Waals surface area contributed by atoms with Gasteiger partial charge in [-0.1, -0.05) is 12.1 Å². The maximum absolute atomic E-state index is 11.8. The third kappa shape index (κ3) is 3.68. The molecule has 20 heavy (non-hydrogen) atoms. The zero-order valence-electron chi connectivity index (χ0n) is 11.1. The van der Waals surface area contributed by atoms with E-state index < -0.39 is 0 Å². The minimum Gasteiger partial charge on any atom is -0.494 e. The lowest BCUT2D eigenvalue weighted by atomic mass is 10.2. The number of amides is 1. The molecule has 0 aliphatic heterocycles. The van der Waals surface area contributed by atoms with Crippen molar-refractivity contribution in [3.8, 4) is 5.75 Å². The number of hydrogen-bond donors (Lipinski definition) is 2. The molecule has 0 spiro atoms. The van der Waals surface area contributed by atoms with E-state index in [4.69, 9.17) is 4.74 Å². The van der Waals surface area contributed by atoms with Crippen LogP contribution in [0, 0.1) is 0 Å². The number of aromatic amines is 1. The van der Waals surface area contributed by atoms with Crippen LogP contribution in [0.3, 0.4) is 0 Å². The quantitative estimate of drug-likeness (QED) is 0.854. The van der Waals surface area contributed by atoms with Crippen LogP contribution in [0.25, 0.3) is 0 Å². The SMILES string of the molecule is CCOc1cccc(CNC(=O)c2ccc(=O)[nH]n2)c1. The molecular formula is C14H15N3O3. The fourth-order valence-corrected chi connectivity index (χ4v) is 1.66. The predicted molar refractivity (Wildman–Crippen MR) is 73.6 cm³/mol. The number of benzene rings is 1. The third-order valence-corrected chi connectivity index (χ3v) is 2.57. The van der Waals surface area contributed by atoms with Crippen molar-refractivity contribution in [3.63, 3.8) is 0 Å². The molecule has 2 rings (SSSR count). The highest BCUT2D eigenvalue weighted by Crippen LogP contribution is 2.13. The second kappa shape index (κ2) is 6.51. The molecule has 0 radical (unpaired) electrons. The molecule has 1 heterocycles. The summed E-state index contributed by atoms with van der Waals surface area (Å²) in [5.41, 5.74) is 0.755. The van der Waals surface area contributed by atoms with Crippen molar-refractivity contribution in [2.45, 2.75) is 13.5 Å². The Morgan fingerprint density at radius 1 is 1.35 bits per heavy atom. The molecule has 1 aromatic carbocycles. The number of H-pyrrole nitrogens is 1. The zero-order chi connectivity index (χ0) is 14.4. The molecule has 0 unspecified atom stereocenters. The number of carbonyl (C=O) groups excluding carboxylic acids is 1. The lowest BCUT2D eigenvalue weighted by Crippen LogP contribution is -2.25. The van der Waals surface area contributed by atoms with E-state index >= 15 is 0 Å². The van der Waals surface area contributed by atoms with E-state index in [2.05, 4.69) is 15.5 Å². The van der Waals surface area contributed by atoms with Crippen molar-refractivity contribution < 1.29 is 9.53 Å². The lowest BCUT2D eigenvalue weighted by molar-refractivity contribution is 0.0944. The van der Waals surface area contributed by atoms with E-state index in [1.165, 1.54) is 12.1 Å².